The van der Waals surface area contributed by atoms with E-state index in [0.717, 1.165) is 11.0 Å². The minimum Gasteiger partial charge on any atom is -0.442 e. The molecule has 0 bridgehead atoms. The number of hydrogen-bond acceptors (Lipinski definition) is 3. The molecule has 14 heavy (non-hydrogen) atoms. The van der Waals surface area contributed by atoms with Gasteiger partial charge < -0.3 is 15.5 Å². The lowest BCUT2D eigenvalue weighted by atomic mass is 10.3. The minimum atomic E-state index is -0.801. The van der Waals surface area contributed by atoms with Gasteiger partial charge in [-0.2, -0.15) is 0 Å². The van der Waals surface area contributed by atoms with Gasteiger partial charge in [0.25, 0.3) is 0 Å². The number of para-hydroxylation sites is 2. The van der Waals surface area contributed by atoms with Gasteiger partial charge >= 0.3 is 6.09 Å². The van der Waals surface area contributed by atoms with Crippen LogP contribution in [0, 0.1) is 0 Å². The number of rotatable bonds is 2. The molecule has 0 aliphatic heterocycles. The third-order valence-electron chi connectivity index (χ3n) is 1.79. The van der Waals surface area contributed by atoms with Gasteiger partial charge in [0.2, 0.25) is 0 Å². The van der Waals surface area contributed by atoms with E-state index in [1.165, 1.54) is 0 Å². The summed E-state index contributed by atoms with van der Waals surface area (Å²) in [5.74, 6) is 0.588. The third kappa shape index (κ3) is 1.66. The molecule has 1 amide bonds. The number of imidazole rings is 1. The number of nitrogens with zero attached hydrogens (tertiary/aromatic N) is 1. The number of carbonyl (C=O) groups is 1. The van der Waals surface area contributed by atoms with Gasteiger partial charge in [0, 0.05) is 0 Å². The van der Waals surface area contributed by atoms with Crippen LogP contribution in [-0.4, -0.2) is 16.1 Å². The van der Waals surface area contributed by atoms with Crippen LogP contribution in [0.1, 0.15) is 5.82 Å². The van der Waals surface area contributed by atoms with Crippen LogP contribution in [0.15, 0.2) is 24.3 Å². The van der Waals surface area contributed by atoms with Crippen molar-refractivity contribution in [1.82, 2.24) is 9.97 Å². The van der Waals surface area contributed by atoms with Crippen molar-refractivity contribution in [3.8, 4) is 0 Å². The van der Waals surface area contributed by atoms with Crippen molar-refractivity contribution in [1.29, 1.82) is 0 Å². The summed E-state index contributed by atoms with van der Waals surface area (Å²) >= 11 is 0. The van der Waals surface area contributed by atoms with Gasteiger partial charge in [-0.05, 0) is 12.1 Å². The van der Waals surface area contributed by atoms with Crippen molar-refractivity contribution in [2.75, 3.05) is 0 Å². The predicted octanol–water partition coefficient (Wildman–Crippen LogP) is 1.16. The lowest BCUT2D eigenvalue weighted by Crippen LogP contribution is -2.13. The van der Waals surface area contributed by atoms with E-state index < -0.39 is 6.09 Å². The largest absolute Gasteiger partial charge is 0.442 e. The number of hydrogen-bond donors (Lipinski definition) is 2. The van der Waals surface area contributed by atoms with E-state index in [4.69, 9.17) is 5.73 Å². The summed E-state index contributed by atoms with van der Waals surface area (Å²) in [7, 11) is 0. The topological polar surface area (TPSA) is 81.0 Å². The van der Waals surface area contributed by atoms with Crippen molar-refractivity contribution in [2.45, 2.75) is 6.61 Å². The number of aromatic amines is 1. The molecular weight excluding hydrogens is 182 g/mol. The minimum absolute atomic E-state index is 0.0734. The average molecular weight is 191 g/mol. The molecule has 1 aromatic heterocycles. The highest BCUT2D eigenvalue weighted by molar-refractivity contribution is 5.74. The number of primary amides is 1. The zero-order chi connectivity index (χ0) is 9.97. The van der Waals surface area contributed by atoms with Crippen LogP contribution < -0.4 is 5.73 Å². The fourth-order valence-electron chi connectivity index (χ4n) is 1.21. The van der Waals surface area contributed by atoms with Gasteiger partial charge in [0.1, 0.15) is 5.82 Å². The lowest BCUT2D eigenvalue weighted by Gasteiger charge is -1.95. The Morgan fingerprint density at radius 3 is 3.00 bits per heavy atom. The molecule has 3 N–H and O–H groups in total. The Kier molecular flexibility index (Phi) is 2.06. The summed E-state index contributed by atoms with van der Waals surface area (Å²) in [6.45, 7) is 0.0734. The van der Waals surface area contributed by atoms with Gasteiger partial charge in [-0.15, -0.1) is 0 Å². The number of amides is 1. The van der Waals surface area contributed by atoms with E-state index in [9.17, 15) is 4.79 Å². The van der Waals surface area contributed by atoms with Gasteiger partial charge in [-0.3, -0.25) is 0 Å². The Hall–Kier alpha value is -2.04. The van der Waals surface area contributed by atoms with Crippen molar-refractivity contribution >= 4 is 17.1 Å². The zero-order valence-corrected chi connectivity index (χ0v) is 7.36. The number of aromatic nitrogens is 2. The number of nitrogens with two attached hydrogens (primary N) is 1. The van der Waals surface area contributed by atoms with E-state index in [0.29, 0.717) is 5.82 Å². The summed E-state index contributed by atoms with van der Waals surface area (Å²) < 4.78 is 4.60. The van der Waals surface area contributed by atoms with Crippen LogP contribution in [0.3, 0.4) is 0 Å². The fraction of sp³-hybridized carbons (Fsp3) is 0.111. The maximum absolute atomic E-state index is 10.3. The number of nitrogens with one attached hydrogen (secondary N) is 1. The van der Waals surface area contributed by atoms with E-state index >= 15 is 0 Å². The molecule has 5 heteroatoms. The summed E-state index contributed by atoms with van der Waals surface area (Å²) in [6, 6.07) is 7.57. The number of carbonyl (C=O) groups excluding carboxylic acids is 1. The normalized spacial score (nSPS) is 10.3. The Morgan fingerprint density at radius 1 is 1.50 bits per heavy atom. The van der Waals surface area contributed by atoms with Crippen LogP contribution in [0.25, 0.3) is 11.0 Å². The first-order valence-electron chi connectivity index (χ1n) is 4.11. The molecule has 0 fully saturated rings. The molecule has 0 radical (unpaired) electrons. The molecule has 2 rings (SSSR count). The molecule has 0 aliphatic carbocycles. The van der Waals surface area contributed by atoms with Crippen molar-refractivity contribution in [2.24, 2.45) is 5.73 Å². The summed E-state index contributed by atoms with van der Waals surface area (Å²) in [6.07, 6.45) is -0.801. The Balaban J connectivity index is 2.22. The van der Waals surface area contributed by atoms with Crippen LogP contribution in [0.2, 0.25) is 0 Å². The van der Waals surface area contributed by atoms with Gasteiger partial charge in [0.05, 0.1) is 11.0 Å². The van der Waals surface area contributed by atoms with Gasteiger partial charge in [-0.1, -0.05) is 12.1 Å². The summed E-state index contributed by atoms with van der Waals surface area (Å²) in [5.41, 5.74) is 6.59. The first-order valence-corrected chi connectivity index (χ1v) is 4.11. The average Bonchev–Trinajstić information content (AvgIpc) is 2.57. The SMILES string of the molecule is NC(=O)OCc1nc2ccccc2[nH]1. The number of benzene rings is 1. The molecule has 5 nitrogen and oxygen atoms in total. The second-order valence-electron chi connectivity index (χ2n) is 2.81. The molecule has 0 saturated carbocycles. The first-order chi connectivity index (χ1) is 6.75. The van der Waals surface area contributed by atoms with Crippen LogP contribution >= 0.6 is 0 Å². The molecule has 0 aliphatic rings. The van der Waals surface area contributed by atoms with Crippen molar-refractivity contribution in [3.05, 3.63) is 30.1 Å². The predicted molar refractivity (Wildman–Crippen MR) is 50.5 cm³/mol. The molecule has 0 atom stereocenters. The molecule has 1 aromatic carbocycles. The number of fused-ring (bicyclic) bond motifs is 1. The molecular formula is C9H9N3O2. The summed E-state index contributed by atoms with van der Waals surface area (Å²) in [5, 5.41) is 0. The van der Waals surface area contributed by atoms with E-state index in [1.807, 2.05) is 24.3 Å². The quantitative estimate of drug-likeness (QED) is 0.747. The van der Waals surface area contributed by atoms with Crippen molar-refractivity contribution < 1.29 is 9.53 Å². The highest BCUT2D eigenvalue weighted by Gasteiger charge is 2.02. The summed E-state index contributed by atoms with van der Waals surface area (Å²) in [4.78, 5) is 17.5. The Morgan fingerprint density at radius 2 is 2.29 bits per heavy atom. The van der Waals surface area contributed by atoms with Gasteiger partial charge in [0.15, 0.2) is 6.61 Å². The molecule has 0 spiro atoms. The first kappa shape index (κ1) is 8.55. The van der Waals surface area contributed by atoms with Gasteiger partial charge in [-0.25, -0.2) is 9.78 Å². The maximum atomic E-state index is 10.3. The maximum Gasteiger partial charge on any atom is 0.404 e. The Labute approximate surface area is 79.9 Å². The molecule has 0 unspecified atom stereocenters. The molecule has 0 saturated heterocycles. The third-order valence-corrected chi connectivity index (χ3v) is 1.79. The monoisotopic (exact) mass is 191 g/mol. The zero-order valence-electron chi connectivity index (χ0n) is 7.36. The number of H-pyrrole nitrogens is 1. The Bertz CT molecular complexity index is 431. The molecule has 1 heterocycles. The van der Waals surface area contributed by atoms with Crippen molar-refractivity contribution in [3.63, 3.8) is 0 Å². The fourth-order valence-corrected chi connectivity index (χ4v) is 1.21. The van der Waals surface area contributed by atoms with Crippen LogP contribution in [-0.2, 0) is 11.3 Å². The highest BCUT2D eigenvalue weighted by atomic mass is 16.5. The second-order valence-corrected chi connectivity index (χ2v) is 2.81. The van der Waals surface area contributed by atoms with E-state index in [2.05, 4.69) is 14.7 Å². The second kappa shape index (κ2) is 3.37. The molecule has 72 valence electrons. The number of ether oxygens (including phenoxy) is 1. The molecule has 2 aromatic rings. The smallest absolute Gasteiger partial charge is 0.404 e. The van der Waals surface area contributed by atoms with Crippen LogP contribution in [0.5, 0.6) is 0 Å². The standard InChI is InChI=1S/C9H9N3O2/c10-9(13)14-5-8-11-6-3-1-2-4-7(6)12-8/h1-4H,5H2,(H2,10,13)(H,11,12). The van der Waals surface area contributed by atoms with Crippen LogP contribution in [0.4, 0.5) is 4.79 Å². The highest BCUT2D eigenvalue weighted by Crippen LogP contribution is 2.10. The lowest BCUT2D eigenvalue weighted by molar-refractivity contribution is 0.147. The van der Waals surface area contributed by atoms with E-state index in [1.54, 1.807) is 0 Å². The van der Waals surface area contributed by atoms with E-state index in [-0.39, 0.29) is 6.61 Å².